The van der Waals surface area contributed by atoms with Crippen LogP contribution in [0.4, 0.5) is 0 Å². The summed E-state index contributed by atoms with van der Waals surface area (Å²) in [5, 5.41) is 13.6. The molecular formula is C12H17ClN2O3S. The second-order valence-electron chi connectivity index (χ2n) is 4.79. The van der Waals surface area contributed by atoms with Crippen LogP contribution in [0.1, 0.15) is 12.8 Å². The Hall–Kier alpha value is -0.660. The smallest absolute Gasteiger partial charge is 0.240 e. The number of piperidine rings is 1. The molecule has 106 valence electrons. The van der Waals surface area contributed by atoms with Gasteiger partial charge in [-0.3, -0.25) is 0 Å². The lowest BCUT2D eigenvalue weighted by atomic mass is 9.95. The van der Waals surface area contributed by atoms with Crippen LogP contribution >= 0.6 is 11.6 Å². The lowest BCUT2D eigenvalue weighted by molar-refractivity contribution is 0.0218. The van der Waals surface area contributed by atoms with Crippen molar-refractivity contribution in [2.45, 2.75) is 23.3 Å². The fraction of sp³-hybridized carbons (Fsp3) is 0.500. The molecule has 1 aliphatic heterocycles. The SMILES string of the molecule is O=S(=O)(NC[C@@]1(O)CCCNC1)c1cccc(Cl)c1. The van der Waals surface area contributed by atoms with Gasteiger partial charge in [-0.25, -0.2) is 13.1 Å². The van der Waals surface area contributed by atoms with E-state index in [4.69, 9.17) is 11.6 Å². The molecular weight excluding hydrogens is 288 g/mol. The highest BCUT2D eigenvalue weighted by atomic mass is 35.5. The van der Waals surface area contributed by atoms with Crippen molar-refractivity contribution in [3.8, 4) is 0 Å². The molecule has 0 radical (unpaired) electrons. The average molecular weight is 305 g/mol. The van der Waals surface area contributed by atoms with Crippen LogP contribution in [-0.2, 0) is 10.0 Å². The summed E-state index contributed by atoms with van der Waals surface area (Å²) >= 11 is 5.78. The van der Waals surface area contributed by atoms with Crippen molar-refractivity contribution in [2.24, 2.45) is 0 Å². The summed E-state index contributed by atoms with van der Waals surface area (Å²) in [5.74, 6) is 0. The van der Waals surface area contributed by atoms with E-state index in [0.29, 0.717) is 18.0 Å². The van der Waals surface area contributed by atoms with E-state index in [1.807, 2.05) is 0 Å². The summed E-state index contributed by atoms with van der Waals surface area (Å²) in [4.78, 5) is 0.104. The van der Waals surface area contributed by atoms with Gasteiger partial charge in [0.1, 0.15) is 0 Å². The third kappa shape index (κ3) is 3.90. The van der Waals surface area contributed by atoms with Crippen molar-refractivity contribution in [1.82, 2.24) is 10.0 Å². The molecule has 0 amide bonds. The van der Waals surface area contributed by atoms with E-state index >= 15 is 0 Å². The molecule has 3 N–H and O–H groups in total. The predicted octanol–water partition coefficient (Wildman–Crippen LogP) is 0.733. The first-order valence-corrected chi connectivity index (χ1v) is 7.96. The zero-order valence-electron chi connectivity index (χ0n) is 10.4. The molecule has 1 atom stereocenters. The molecule has 2 rings (SSSR count). The molecule has 0 unspecified atom stereocenters. The van der Waals surface area contributed by atoms with Gasteiger partial charge in [0, 0.05) is 18.1 Å². The zero-order chi connectivity index (χ0) is 13.9. The van der Waals surface area contributed by atoms with Crippen LogP contribution in [0, 0.1) is 0 Å². The van der Waals surface area contributed by atoms with E-state index < -0.39 is 15.6 Å². The number of β-amino-alcohol motifs (C(OH)–C–C–N with tert-alkyl or cyclic N) is 1. The number of rotatable bonds is 4. The minimum absolute atomic E-state index is 0.00511. The first-order valence-electron chi connectivity index (χ1n) is 6.10. The highest BCUT2D eigenvalue weighted by Crippen LogP contribution is 2.18. The van der Waals surface area contributed by atoms with Gasteiger partial charge in [0.25, 0.3) is 0 Å². The van der Waals surface area contributed by atoms with Crippen LogP contribution in [0.3, 0.4) is 0 Å². The summed E-state index contributed by atoms with van der Waals surface area (Å²) in [7, 11) is -3.64. The standard InChI is InChI=1S/C12H17ClN2O3S/c13-10-3-1-4-11(7-10)19(17,18)15-9-12(16)5-2-6-14-8-12/h1,3-4,7,14-16H,2,5-6,8-9H2/t12-/m1/s1. The third-order valence-corrected chi connectivity index (χ3v) is 4.78. The molecule has 7 heteroatoms. The quantitative estimate of drug-likeness (QED) is 0.766. The zero-order valence-corrected chi connectivity index (χ0v) is 12.0. The summed E-state index contributed by atoms with van der Waals surface area (Å²) in [6.07, 6.45) is 1.41. The largest absolute Gasteiger partial charge is 0.387 e. The molecule has 1 heterocycles. The molecule has 1 aliphatic rings. The highest BCUT2D eigenvalue weighted by molar-refractivity contribution is 7.89. The number of hydrogen-bond donors (Lipinski definition) is 3. The summed E-state index contributed by atoms with van der Waals surface area (Å²) in [6.45, 7) is 1.24. The van der Waals surface area contributed by atoms with E-state index in [9.17, 15) is 13.5 Å². The maximum atomic E-state index is 12.1. The molecule has 0 bridgehead atoms. The monoisotopic (exact) mass is 304 g/mol. The molecule has 1 saturated heterocycles. The Morgan fingerprint density at radius 3 is 2.89 bits per heavy atom. The van der Waals surface area contributed by atoms with Gasteiger partial charge in [-0.2, -0.15) is 0 Å². The Bertz CT molecular complexity index is 542. The van der Waals surface area contributed by atoms with Gasteiger partial charge in [-0.15, -0.1) is 0 Å². The van der Waals surface area contributed by atoms with Gasteiger partial charge in [0.05, 0.1) is 10.5 Å². The molecule has 0 aromatic heterocycles. The normalized spacial score (nSPS) is 24.3. The number of nitrogens with one attached hydrogen (secondary N) is 2. The van der Waals surface area contributed by atoms with Crippen LogP contribution in [0.5, 0.6) is 0 Å². The first-order chi connectivity index (χ1) is 8.91. The van der Waals surface area contributed by atoms with Gasteiger partial charge in [0.2, 0.25) is 10.0 Å². The Morgan fingerprint density at radius 1 is 1.47 bits per heavy atom. The Labute approximate surface area is 118 Å². The van der Waals surface area contributed by atoms with Gasteiger partial charge in [0.15, 0.2) is 0 Å². The number of sulfonamides is 1. The summed E-state index contributed by atoms with van der Waals surface area (Å²) in [6, 6.07) is 6.04. The maximum absolute atomic E-state index is 12.1. The Morgan fingerprint density at radius 2 is 2.26 bits per heavy atom. The van der Waals surface area contributed by atoms with Crippen molar-refractivity contribution in [3.05, 3.63) is 29.3 Å². The Balaban J connectivity index is 2.05. The van der Waals surface area contributed by atoms with Crippen LogP contribution in [0.25, 0.3) is 0 Å². The van der Waals surface area contributed by atoms with Gasteiger partial charge in [-0.1, -0.05) is 17.7 Å². The predicted molar refractivity (Wildman–Crippen MR) is 73.7 cm³/mol. The second kappa shape index (κ2) is 5.76. The fourth-order valence-corrected chi connectivity index (χ4v) is 3.47. The van der Waals surface area contributed by atoms with Crippen LogP contribution in [-0.4, -0.2) is 38.8 Å². The molecule has 0 aliphatic carbocycles. The fourth-order valence-electron chi connectivity index (χ4n) is 2.05. The van der Waals surface area contributed by atoms with Crippen molar-refractivity contribution >= 4 is 21.6 Å². The third-order valence-electron chi connectivity index (χ3n) is 3.15. The molecule has 19 heavy (non-hydrogen) atoms. The lowest BCUT2D eigenvalue weighted by Gasteiger charge is -2.32. The molecule has 5 nitrogen and oxygen atoms in total. The van der Waals surface area contributed by atoms with Crippen molar-refractivity contribution < 1.29 is 13.5 Å². The number of benzene rings is 1. The van der Waals surface area contributed by atoms with Crippen molar-refractivity contribution in [3.63, 3.8) is 0 Å². The van der Waals surface area contributed by atoms with Crippen molar-refractivity contribution in [1.29, 1.82) is 0 Å². The van der Waals surface area contributed by atoms with E-state index in [2.05, 4.69) is 10.0 Å². The molecule has 1 aromatic rings. The highest BCUT2D eigenvalue weighted by Gasteiger charge is 2.30. The molecule has 0 spiro atoms. The van der Waals surface area contributed by atoms with E-state index in [1.54, 1.807) is 12.1 Å². The number of hydrogen-bond acceptors (Lipinski definition) is 4. The van der Waals surface area contributed by atoms with Gasteiger partial charge < -0.3 is 10.4 Å². The number of aliphatic hydroxyl groups is 1. The summed E-state index contributed by atoms with van der Waals surface area (Å²) in [5.41, 5.74) is -1.02. The minimum atomic E-state index is -3.64. The topological polar surface area (TPSA) is 78.4 Å². The minimum Gasteiger partial charge on any atom is -0.387 e. The van der Waals surface area contributed by atoms with E-state index in [0.717, 1.165) is 13.0 Å². The maximum Gasteiger partial charge on any atom is 0.240 e. The van der Waals surface area contributed by atoms with Crippen molar-refractivity contribution in [2.75, 3.05) is 19.6 Å². The number of halogens is 1. The first kappa shape index (κ1) is 14.7. The molecule has 1 aromatic carbocycles. The second-order valence-corrected chi connectivity index (χ2v) is 6.99. The van der Waals surface area contributed by atoms with Gasteiger partial charge >= 0.3 is 0 Å². The average Bonchev–Trinajstić information content (AvgIpc) is 2.38. The lowest BCUT2D eigenvalue weighted by Crippen LogP contribution is -2.52. The van der Waals surface area contributed by atoms with Crippen LogP contribution in [0.2, 0.25) is 5.02 Å². The molecule has 1 fully saturated rings. The van der Waals surface area contributed by atoms with Gasteiger partial charge in [-0.05, 0) is 37.6 Å². The Kier molecular flexibility index (Phi) is 4.47. The van der Waals surface area contributed by atoms with Crippen LogP contribution in [0.15, 0.2) is 29.2 Å². The summed E-state index contributed by atoms with van der Waals surface area (Å²) < 4.78 is 26.6. The van der Waals surface area contributed by atoms with E-state index in [-0.39, 0.29) is 11.4 Å². The molecule has 0 saturated carbocycles. The van der Waals surface area contributed by atoms with Crippen LogP contribution < -0.4 is 10.0 Å². The van der Waals surface area contributed by atoms with E-state index in [1.165, 1.54) is 12.1 Å².